The maximum Gasteiger partial charge on any atom is 0.0406 e. The lowest BCUT2D eigenvalue weighted by Gasteiger charge is -2.06. The van der Waals surface area contributed by atoms with Gasteiger partial charge >= 0.3 is 0 Å². The molecule has 2 aromatic rings. The lowest BCUT2D eigenvalue weighted by Crippen LogP contribution is -1.94. The second-order valence-corrected chi connectivity index (χ2v) is 4.72. The lowest BCUT2D eigenvalue weighted by molar-refractivity contribution is 0.860. The summed E-state index contributed by atoms with van der Waals surface area (Å²) >= 11 is 0. The van der Waals surface area contributed by atoms with Crippen molar-refractivity contribution in [2.75, 3.05) is 0 Å². The zero-order valence-electron chi connectivity index (χ0n) is 10.6. The van der Waals surface area contributed by atoms with Crippen LogP contribution >= 0.6 is 0 Å². The number of pyridine rings is 1. The van der Waals surface area contributed by atoms with Crippen LogP contribution in [0.3, 0.4) is 0 Å². The summed E-state index contributed by atoms with van der Waals surface area (Å²) in [4.78, 5) is 4.34. The molecule has 1 aromatic carbocycles. The first-order valence-electron chi connectivity index (χ1n) is 6.24. The summed E-state index contributed by atoms with van der Waals surface area (Å²) in [7, 11) is 0. The van der Waals surface area contributed by atoms with Gasteiger partial charge in [0, 0.05) is 11.9 Å². The van der Waals surface area contributed by atoms with Crippen molar-refractivity contribution in [2.45, 2.75) is 32.6 Å². The van der Waals surface area contributed by atoms with E-state index in [1.165, 1.54) is 16.8 Å². The van der Waals surface area contributed by atoms with Gasteiger partial charge in [-0.1, -0.05) is 44.2 Å². The van der Waals surface area contributed by atoms with Crippen molar-refractivity contribution in [3.05, 3.63) is 65.5 Å². The Hall–Kier alpha value is -1.63. The second-order valence-electron chi connectivity index (χ2n) is 4.72. The summed E-state index contributed by atoms with van der Waals surface area (Å²) in [5.41, 5.74) is 3.96. The largest absolute Gasteiger partial charge is 0.261 e. The molecule has 0 aliphatic carbocycles. The number of aromatic nitrogens is 1. The molecule has 0 saturated heterocycles. The molecule has 0 bridgehead atoms. The highest BCUT2D eigenvalue weighted by molar-refractivity contribution is 5.25. The summed E-state index contributed by atoms with van der Waals surface area (Å²) in [5.74, 6) is 0.611. The standard InChI is InChI=1S/C16H19N/c1-13(2)15-9-6-14(7-10-15)8-11-16-5-3-4-12-17-16/h3-7,9-10,12-13H,8,11H2,1-2H3. The topological polar surface area (TPSA) is 12.9 Å². The van der Waals surface area contributed by atoms with Gasteiger partial charge in [0.1, 0.15) is 0 Å². The van der Waals surface area contributed by atoms with Gasteiger partial charge in [-0.25, -0.2) is 0 Å². The molecule has 17 heavy (non-hydrogen) atoms. The minimum atomic E-state index is 0.611. The number of benzene rings is 1. The van der Waals surface area contributed by atoms with Gasteiger partial charge in [0.25, 0.3) is 0 Å². The van der Waals surface area contributed by atoms with Crippen LogP contribution in [0.5, 0.6) is 0 Å². The average molecular weight is 225 g/mol. The highest BCUT2D eigenvalue weighted by Crippen LogP contribution is 2.15. The number of hydrogen-bond donors (Lipinski definition) is 0. The first-order chi connectivity index (χ1) is 8.25. The van der Waals surface area contributed by atoms with Crippen LogP contribution in [-0.4, -0.2) is 4.98 Å². The first kappa shape index (κ1) is 11.8. The van der Waals surface area contributed by atoms with Crippen molar-refractivity contribution in [2.24, 2.45) is 0 Å². The fourth-order valence-electron chi connectivity index (χ4n) is 1.89. The lowest BCUT2D eigenvalue weighted by atomic mass is 10.00. The van der Waals surface area contributed by atoms with Crippen LogP contribution in [0.15, 0.2) is 48.7 Å². The van der Waals surface area contributed by atoms with Gasteiger partial charge in [-0.2, -0.15) is 0 Å². The van der Waals surface area contributed by atoms with Crippen molar-refractivity contribution in [3.63, 3.8) is 0 Å². The van der Waals surface area contributed by atoms with Crippen LogP contribution in [0.1, 0.15) is 36.6 Å². The number of hydrogen-bond acceptors (Lipinski definition) is 1. The van der Waals surface area contributed by atoms with Crippen LogP contribution in [0.4, 0.5) is 0 Å². The Morgan fingerprint density at radius 1 is 0.941 bits per heavy atom. The van der Waals surface area contributed by atoms with Crippen LogP contribution < -0.4 is 0 Å². The van der Waals surface area contributed by atoms with Gasteiger partial charge in [-0.05, 0) is 42.0 Å². The zero-order chi connectivity index (χ0) is 12.1. The third kappa shape index (κ3) is 3.42. The molecule has 0 atom stereocenters. The molecule has 0 unspecified atom stereocenters. The van der Waals surface area contributed by atoms with Gasteiger partial charge in [0.2, 0.25) is 0 Å². The Balaban J connectivity index is 1.96. The molecule has 88 valence electrons. The zero-order valence-corrected chi connectivity index (χ0v) is 10.6. The summed E-state index contributed by atoms with van der Waals surface area (Å²) in [6.07, 6.45) is 3.94. The fraction of sp³-hybridized carbons (Fsp3) is 0.312. The Kier molecular flexibility index (Phi) is 3.92. The van der Waals surface area contributed by atoms with E-state index in [-0.39, 0.29) is 0 Å². The predicted octanol–water partition coefficient (Wildman–Crippen LogP) is 3.99. The van der Waals surface area contributed by atoms with Crippen molar-refractivity contribution >= 4 is 0 Å². The minimum Gasteiger partial charge on any atom is -0.261 e. The van der Waals surface area contributed by atoms with Crippen molar-refractivity contribution in [1.29, 1.82) is 0 Å². The van der Waals surface area contributed by atoms with E-state index in [1.807, 2.05) is 18.3 Å². The number of nitrogens with zero attached hydrogens (tertiary/aromatic N) is 1. The number of aryl methyl sites for hydroxylation is 2. The van der Waals surface area contributed by atoms with E-state index < -0.39 is 0 Å². The molecule has 1 heterocycles. The third-order valence-electron chi connectivity index (χ3n) is 3.04. The highest BCUT2D eigenvalue weighted by Gasteiger charge is 2.00. The Labute approximate surface area is 104 Å². The Morgan fingerprint density at radius 2 is 1.71 bits per heavy atom. The fourth-order valence-corrected chi connectivity index (χ4v) is 1.89. The Morgan fingerprint density at radius 3 is 2.29 bits per heavy atom. The van der Waals surface area contributed by atoms with E-state index in [0.717, 1.165) is 12.8 Å². The Bertz CT molecular complexity index is 443. The quantitative estimate of drug-likeness (QED) is 0.766. The molecule has 1 heteroatoms. The maximum absolute atomic E-state index is 4.34. The van der Waals surface area contributed by atoms with E-state index in [0.29, 0.717) is 5.92 Å². The monoisotopic (exact) mass is 225 g/mol. The molecular formula is C16H19N. The van der Waals surface area contributed by atoms with Crippen LogP contribution in [0.25, 0.3) is 0 Å². The van der Waals surface area contributed by atoms with Gasteiger partial charge in [0.05, 0.1) is 0 Å². The van der Waals surface area contributed by atoms with E-state index >= 15 is 0 Å². The molecule has 0 amide bonds. The van der Waals surface area contributed by atoms with E-state index in [4.69, 9.17) is 0 Å². The average Bonchev–Trinajstić information content (AvgIpc) is 2.38. The molecule has 0 fully saturated rings. The minimum absolute atomic E-state index is 0.611. The summed E-state index contributed by atoms with van der Waals surface area (Å²) < 4.78 is 0. The predicted molar refractivity (Wildman–Crippen MR) is 72.2 cm³/mol. The molecule has 0 radical (unpaired) electrons. The second kappa shape index (κ2) is 5.62. The molecule has 1 nitrogen and oxygen atoms in total. The van der Waals surface area contributed by atoms with Crippen molar-refractivity contribution < 1.29 is 0 Å². The summed E-state index contributed by atoms with van der Waals surface area (Å²) in [6.45, 7) is 4.45. The molecule has 0 spiro atoms. The normalized spacial score (nSPS) is 10.8. The molecule has 0 N–H and O–H groups in total. The van der Waals surface area contributed by atoms with Gasteiger partial charge in [-0.15, -0.1) is 0 Å². The van der Waals surface area contributed by atoms with E-state index in [9.17, 15) is 0 Å². The summed E-state index contributed by atoms with van der Waals surface area (Å²) in [5, 5.41) is 0. The highest BCUT2D eigenvalue weighted by atomic mass is 14.7. The van der Waals surface area contributed by atoms with Crippen molar-refractivity contribution in [1.82, 2.24) is 4.98 Å². The SMILES string of the molecule is CC(C)c1ccc(CCc2ccccn2)cc1. The summed E-state index contributed by atoms with van der Waals surface area (Å²) in [6, 6.07) is 15.0. The maximum atomic E-state index is 4.34. The molecular weight excluding hydrogens is 206 g/mol. The third-order valence-corrected chi connectivity index (χ3v) is 3.04. The van der Waals surface area contributed by atoms with E-state index in [2.05, 4.69) is 49.2 Å². The molecule has 2 rings (SSSR count). The molecule has 0 aliphatic heterocycles. The molecule has 1 aromatic heterocycles. The van der Waals surface area contributed by atoms with Gasteiger partial charge < -0.3 is 0 Å². The van der Waals surface area contributed by atoms with Crippen LogP contribution in [0, 0.1) is 0 Å². The van der Waals surface area contributed by atoms with Crippen LogP contribution in [0.2, 0.25) is 0 Å². The van der Waals surface area contributed by atoms with Crippen molar-refractivity contribution in [3.8, 4) is 0 Å². The van der Waals surface area contributed by atoms with Gasteiger partial charge in [0.15, 0.2) is 0 Å². The van der Waals surface area contributed by atoms with E-state index in [1.54, 1.807) is 0 Å². The molecule has 0 saturated carbocycles. The van der Waals surface area contributed by atoms with Crippen LogP contribution in [-0.2, 0) is 12.8 Å². The first-order valence-corrected chi connectivity index (χ1v) is 6.24. The number of rotatable bonds is 4. The smallest absolute Gasteiger partial charge is 0.0406 e. The van der Waals surface area contributed by atoms with Gasteiger partial charge in [-0.3, -0.25) is 4.98 Å². The molecule has 0 aliphatic rings.